The number of aryl methyl sites for hydroxylation is 4. The van der Waals surface area contributed by atoms with E-state index in [1.165, 1.54) is 42.9 Å². The van der Waals surface area contributed by atoms with E-state index in [1.807, 2.05) is 0 Å². The van der Waals surface area contributed by atoms with Crippen molar-refractivity contribution in [2.24, 2.45) is 24.9 Å². The molecule has 4 aromatic heterocycles. The second kappa shape index (κ2) is 27.3. The van der Waals surface area contributed by atoms with Crippen LogP contribution in [0.5, 0.6) is 11.5 Å². The molecule has 22 nitrogen and oxygen atoms in total. The van der Waals surface area contributed by atoms with Crippen LogP contribution < -0.4 is 15.9 Å². The van der Waals surface area contributed by atoms with Crippen LogP contribution in [0.1, 0.15) is 172 Å². The van der Waals surface area contributed by atoms with Gasteiger partial charge in [0.15, 0.2) is 29.0 Å². The third-order valence-corrected chi connectivity index (χ3v) is 12.0. The first-order chi connectivity index (χ1) is 37.6. The first kappa shape index (κ1) is 65.4. The molecule has 436 valence electrons. The van der Waals surface area contributed by atoms with E-state index < -0.39 is 80.2 Å². The van der Waals surface area contributed by atoms with Gasteiger partial charge in [-0.2, -0.15) is 0 Å². The van der Waals surface area contributed by atoms with Gasteiger partial charge in [0, 0.05) is 64.5 Å². The third kappa shape index (κ3) is 18.2. The lowest BCUT2D eigenvalue weighted by Crippen LogP contribution is -2.36. The Morgan fingerprint density at radius 1 is 0.580 bits per heavy atom. The molecular weight excluding hydrogens is 1080 g/mol. The minimum atomic E-state index is -1.05. The number of aromatic hydroxyl groups is 1. The van der Waals surface area contributed by atoms with Gasteiger partial charge in [-0.05, 0) is 89.8 Å². The number of ether oxygens (including phenoxy) is 3. The Labute approximate surface area is 470 Å². The predicted molar refractivity (Wildman–Crippen MR) is 288 cm³/mol. The minimum Gasteiger partial charge on any atom is -0.501 e. The van der Waals surface area contributed by atoms with Gasteiger partial charge in [0.2, 0.25) is 41.6 Å². The van der Waals surface area contributed by atoms with Gasteiger partial charge in [-0.1, -0.05) is 63.6 Å². The van der Waals surface area contributed by atoms with Crippen LogP contribution in [0.2, 0.25) is 0 Å². The summed E-state index contributed by atoms with van der Waals surface area (Å²) in [4.78, 5) is 109. The molecule has 0 saturated carbocycles. The molecule has 0 unspecified atom stereocenters. The maximum atomic E-state index is 13.4. The largest absolute Gasteiger partial charge is 0.501 e. The summed E-state index contributed by atoms with van der Waals surface area (Å²) < 4.78 is 54.2. The van der Waals surface area contributed by atoms with Gasteiger partial charge >= 0.3 is 11.9 Å². The lowest BCUT2D eigenvalue weighted by atomic mass is 9.85. The molecule has 6 aromatic rings. The molecule has 0 aliphatic heterocycles. The summed E-state index contributed by atoms with van der Waals surface area (Å²) in [5.41, 5.74) is -3.97. The highest BCUT2D eigenvalue weighted by Gasteiger charge is 2.36. The molecule has 0 fully saturated rings. The SMILES string of the molecule is CC(C)(C)C(=O)OCCl.Cc1nnc(C(=O)CC(C)(C)c2nc(C(=O)CCc3ccc(F)cc3)c(O)c(=O)n2C)o1.Cc1nnc(C(=O)CC(C)(C)c2nc(C(=O)CCc3ccc(F)cc3)c(OCOC(=O)C(C)(C)C)c(=O)n2C)o1. The van der Waals surface area contributed by atoms with Crippen molar-refractivity contribution < 1.29 is 65.7 Å². The Morgan fingerprint density at radius 2 is 0.963 bits per heavy atom. The van der Waals surface area contributed by atoms with Crippen molar-refractivity contribution in [3.05, 3.63) is 139 Å². The highest BCUT2D eigenvalue weighted by Crippen LogP contribution is 2.30. The zero-order valence-electron chi connectivity index (χ0n) is 47.7. The molecule has 81 heavy (non-hydrogen) atoms. The lowest BCUT2D eigenvalue weighted by Gasteiger charge is -2.26. The minimum absolute atomic E-state index is 0.0422. The van der Waals surface area contributed by atoms with Crippen molar-refractivity contribution in [2.45, 2.75) is 132 Å². The second-order valence-electron chi connectivity index (χ2n) is 22.0. The maximum Gasteiger partial charge on any atom is 0.314 e. The van der Waals surface area contributed by atoms with Crippen LogP contribution in [0.25, 0.3) is 0 Å². The fourth-order valence-electron chi connectivity index (χ4n) is 7.51. The topological polar surface area (TPSA) is 298 Å². The molecule has 4 heterocycles. The average molecular weight is 1150 g/mol. The van der Waals surface area contributed by atoms with E-state index in [0.717, 1.165) is 10.1 Å². The zero-order valence-corrected chi connectivity index (χ0v) is 48.5. The standard InChI is InChI=1S/C28H33FN4O7.C22H23FN4O5.C6H11ClO2/c1-16-31-32-23(40-16)20(35)14-28(5,6)25-30-21(19(34)13-10-17-8-11-18(29)12-9-17)22(24(36)33(25)7)38-15-39-26(37)27(2,3)4;1-12-25-26-19(32-12)16(29)11-22(2,3)21-24-17(18(30)20(31)27(21)4)15(28)10-7-13-5-8-14(23)9-6-13;1-6(2,3)5(8)9-4-7/h8-9,11-12H,10,13-15H2,1-7H3;5-6,8-9,30H,7,10-11H2,1-4H3;4H2,1-3H3. The number of rotatable bonds is 20. The number of benzene rings is 2. The summed E-state index contributed by atoms with van der Waals surface area (Å²) in [6, 6.07) is 11.3. The van der Waals surface area contributed by atoms with E-state index in [4.69, 9.17) is 29.9 Å². The number of hydrogen-bond acceptors (Lipinski definition) is 20. The number of nitrogens with zero attached hydrogens (tertiary/aromatic N) is 8. The predicted octanol–water partition coefficient (Wildman–Crippen LogP) is 8.36. The van der Waals surface area contributed by atoms with Gasteiger partial charge in [-0.25, -0.2) is 18.7 Å². The molecule has 25 heteroatoms. The van der Waals surface area contributed by atoms with Gasteiger partial charge in [0.25, 0.3) is 22.9 Å². The van der Waals surface area contributed by atoms with Crippen LogP contribution in [-0.2, 0) is 56.8 Å². The summed E-state index contributed by atoms with van der Waals surface area (Å²) in [6.45, 7) is 19.6. The fourth-order valence-corrected chi connectivity index (χ4v) is 7.60. The van der Waals surface area contributed by atoms with Crippen LogP contribution in [0.4, 0.5) is 8.78 Å². The number of carbonyl (C=O) groups is 6. The molecule has 0 amide bonds. The van der Waals surface area contributed by atoms with E-state index >= 15 is 0 Å². The average Bonchev–Trinajstić information content (AvgIpc) is 4.04. The summed E-state index contributed by atoms with van der Waals surface area (Å²) in [6.07, 6.45) is 0.152. The molecule has 1 N–H and O–H groups in total. The van der Waals surface area contributed by atoms with E-state index in [-0.39, 0.29) is 109 Å². The summed E-state index contributed by atoms with van der Waals surface area (Å²) in [5.74, 6) is -4.28. The van der Waals surface area contributed by atoms with E-state index in [2.05, 4.69) is 35.1 Å². The van der Waals surface area contributed by atoms with Crippen LogP contribution in [0.15, 0.2) is 67.0 Å². The normalized spacial score (nSPS) is 11.6. The summed E-state index contributed by atoms with van der Waals surface area (Å²) in [5, 5.41) is 25.0. The molecule has 6 rings (SSSR count). The van der Waals surface area contributed by atoms with Crippen molar-refractivity contribution in [2.75, 3.05) is 12.9 Å². The Hall–Kier alpha value is -8.15. The molecule has 0 atom stereocenters. The molecule has 2 aromatic carbocycles. The number of hydrogen-bond donors (Lipinski definition) is 1. The Balaban J connectivity index is 0.000000307. The van der Waals surface area contributed by atoms with Crippen LogP contribution in [-0.4, -0.2) is 92.5 Å². The molecule has 0 saturated heterocycles. The van der Waals surface area contributed by atoms with Crippen LogP contribution in [0, 0.1) is 36.3 Å². The monoisotopic (exact) mass is 1150 g/mol. The third-order valence-electron chi connectivity index (χ3n) is 11.9. The Kier molecular flexibility index (Phi) is 22.1. The first-order valence-electron chi connectivity index (χ1n) is 25.2. The lowest BCUT2D eigenvalue weighted by molar-refractivity contribution is -0.159. The number of Topliss-reactive ketones (excluding diaryl/α,β-unsaturated/α-hetero) is 4. The van der Waals surface area contributed by atoms with E-state index in [9.17, 15) is 52.2 Å². The molecule has 0 radical (unpaired) electrons. The highest BCUT2D eigenvalue weighted by atomic mass is 35.5. The number of esters is 2. The summed E-state index contributed by atoms with van der Waals surface area (Å²) >= 11 is 5.16. The quantitative estimate of drug-likeness (QED) is 0.0325. The van der Waals surface area contributed by atoms with Crippen LogP contribution >= 0.6 is 11.6 Å². The van der Waals surface area contributed by atoms with Crippen molar-refractivity contribution in [3.63, 3.8) is 0 Å². The number of alkyl halides is 1. The fraction of sp³-hybridized carbons (Fsp3) is 0.464. The first-order valence-corrected chi connectivity index (χ1v) is 25.8. The zero-order chi connectivity index (χ0) is 60.9. The van der Waals surface area contributed by atoms with Crippen LogP contribution in [0.3, 0.4) is 0 Å². The molecular formula is C56H67ClF2N8O14. The van der Waals surface area contributed by atoms with Gasteiger partial charge in [-0.3, -0.25) is 47.5 Å². The molecule has 0 spiro atoms. The number of carbonyl (C=O) groups excluding carboxylic acids is 6. The van der Waals surface area contributed by atoms with Crippen molar-refractivity contribution in [3.8, 4) is 11.5 Å². The van der Waals surface area contributed by atoms with E-state index in [1.54, 1.807) is 107 Å². The van der Waals surface area contributed by atoms with Crippen molar-refractivity contribution in [1.82, 2.24) is 39.5 Å². The van der Waals surface area contributed by atoms with E-state index in [0.29, 0.717) is 5.56 Å². The Morgan fingerprint density at radius 3 is 1.33 bits per heavy atom. The number of ketones is 4. The van der Waals surface area contributed by atoms with Gasteiger partial charge < -0.3 is 28.2 Å². The highest BCUT2D eigenvalue weighted by molar-refractivity contribution is 6.17. The summed E-state index contributed by atoms with van der Waals surface area (Å²) in [7, 11) is 2.84. The molecule has 0 aliphatic rings. The van der Waals surface area contributed by atoms with Crippen molar-refractivity contribution in [1.29, 1.82) is 0 Å². The second-order valence-corrected chi connectivity index (χ2v) is 22.2. The Bertz CT molecular complexity index is 3370. The van der Waals surface area contributed by atoms with Crippen molar-refractivity contribution >= 4 is 46.7 Å². The number of halogens is 3. The number of aromatic nitrogens is 8. The smallest absolute Gasteiger partial charge is 0.314 e. The maximum absolute atomic E-state index is 13.4. The van der Waals surface area contributed by atoms with Gasteiger partial charge in [0.05, 0.1) is 10.8 Å². The molecule has 0 aliphatic carbocycles. The molecule has 0 bridgehead atoms. The van der Waals surface area contributed by atoms with Gasteiger partial charge in [0.1, 0.15) is 23.3 Å². The van der Waals surface area contributed by atoms with Gasteiger partial charge in [-0.15, -0.1) is 20.4 Å².